The molecule has 4 aromatic rings. The summed E-state index contributed by atoms with van der Waals surface area (Å²) in [6.45, 7) is 9.85. The molecule has 0 aromatic heterocycles. The predicted octanol–water partition coefficient (Wildman–Crippen LogP) is 10.0. The Morgan fingerprint density at radius 2 is 0.949 bits per heavy atom. The predicted molar refractivity (Wildman–Crippen MR) is 163 cm³/mol. The van der Waals surface area contributed by atoms with Gasteiger partial charge in [0.15, 0.2) is 0 Å². The Morgan fingerprint density at radius 1 is 0.564 bits per heavy atom. The third kappa shape index (κ3) is 21.0. The van der Waals surface area contributed by atoms with E-state index in [-0.39, 0.29) is 21.7 Å². The number of hydrogen-bond donors (Lipinski definition) is 0. The van der Waals surface area contributed by atoms with Crippen molar-refractivity contribution in [3.8, 4) is 11.5 Å². The van der Waals surface area contributed by atoms with Crippen molar-refractivity contribution in [3.05, 3.63) is 120 Å². The summed E-state index contributed by atoms with van der Waals surface area (Å²) in [7, 11) is 0. The Hall–Kier alpha value is -2.55. The molecule has 4 rings (SSSR count). The molecular weight excluding hydrogens is 512 g/mol. The third-order valence-corrected chi connectivity index (χ3v) is 5.58. The summed E-state index contributed by atoms with van der Waals surface area (Å²) >= 11 is 0. The molecule has 2 nitrogen and oxygen atoms in total. The van der Waals surface area contributed by atoms with E-state index >= 15 is 0 Å². The third-order valence-electron chi connectivity index (χ3n) is 5.58. The van der Waals surface area contributed by atoms with Gasteiger partial charge in [-0.3, -0.25) is 0 Å². The van der Waals surface area contributed by atoms with Crippen LogP contribution in [0.5, 0.6) is 11.5 Å². The molecular formula is C36H48O2Ti. The smallest absolute Gasteiger partial charge is 0.551 e. The molecule has 0 heterocycles. The van der Waals surface area contributed by atoms with Crippen LogP contribution in [0.1, 0.15) is 77.3 Å². The number of ether oxygens (including phenoxy) is 2. The average Bonchev–Trinajstić information content (AvgIpc) is 3.67. The van der Waals surface area contributed by atoms with Gasteiger partial charge in [0.2, 0.25) is 0 Å². The van der Waals surface area contributed by atoms with Crippen LogP contribution in [0.2, 0.25) is 0 Å². The van der Waals surface area contributed by atoms with Crippen molar-refractivity contribution in [2.75, 3.05) is 13.2 Å². The molecule has 4 aromatic carbocycles. The van der Waals surface area contributed by atoms with Crippen molar-refractivity contribution in [2.45, 2.75) is 79.1 Å². The van der Waals surface area contributed by atoms with Gasteiger partial charge in [0, 0.05) is 11.5 Å². The summed E-state index contributed by atoms with van der Waals surface area (Å²) in [6.07, 6.45) is 10.6. The topological polar surface area (TPSA) is 18.5 Å². The molecule has 208 valence electrons. The van der Waals surface area contributed by atoms with Crippen LogP contribution in [0.3, 0.4) is 0 Å². The zero-order valence-corrected chi connectivity index (χ0v) is 26.2. The van der Waals surface area contributed by atoms with Gasteiger partial charge in [0.25, 0.3) is 0 Å². The first-order valence-corrected chi connectivity index (χ1v) is 14.3. The molecule has 0 radical (unpaired) electrons. The Kier molecular flexibility index (Phi) is 25.3. The van der Waals surface area contributed by atoms with Crippen molar-refractivity contribution >= 4 is 0 Å². The summed E-state index contributed by atoms with van der Waals surface area (Å²) in [6, 6.07) is 38.1. The van der Waals surface area contributed by atoms with Crippen LogP contribution < -0.4 is 9.47 Å². The number of rotatable bonds is 12. The second kappa shape index (κ2) is 27.0. The molecule has 0 unspecified atom stereocenters. The number of benzene rings is 2. The molecule has 0 N–H and O–H groups in total. The molecule has 0 fully saturated rings. The molecule has 0 saturated carbocycles. The van der Waals surface area contributed by atoms with Crippen LogP contribution in [0.4, 0.5) is 0 Å². The van der Waals surface area contributed by atoms with Gasteiger partial charge in [-0.25, -0.2) is 24.3 Å². The Morgan fingerprint density at radius 3 is 1.23 bits per heavy atom. The van der Waals surface area contributed by atoms with E-state index in [1.54, 1.807) is 0 Å². The number of hydrogen-bond acceptors (Lipinski definition) is 2. The standard InChI is InChI=1S/2C10H15.2C8H9O.Ti/c2*1-2-3-4-7-10-8-5-6-9-10;2*1-2-9-8-6-4-3-5-7-8;/h2*5-6,8-9H,2-4,7H2,1H3;2*3-4,6-7H,2H2,1H3;/q4*-1;+4. The van der Waals surface area contributed by atoms with E-state index in [0.29, 0.717) is 0 Å². The maximum atomic E-state index is 5.17. The molecule has 0 spiro atoms. The van der Waals surface area contributed by atoms with Crippen LogP contribution >= 0.6 is 0 Å². The Bertz CT molecular complexity index is 866. The first-order chi connectivity index (χ1) is 18.7. The van der Waals surface area contributed by atoms with E-state index in [9.17, 15) is 0 Å². The molecule has 39 heavy (non-hydrogen) atoms. The van der Waals surface area contributed by atoms with E-state index in [1.165, 1.54) is 62.5 Å². The van der Waals surface area contributed by atoms with Crippen molar-refractivity contribution in [1.82, 2.24) is 0 Å². The van der Waals surface area contributed by atoms with Gasteiger partial charge in [0.1, 0.15) is 0 Å². The molecule has 0 atom stereocenters. The fourth-order valence-corrected chi connectivity index (χ4v) is 3.59. The Labute approximate surface area is 254 Å². The van der Waals surface area contributed by atoms with Crippen LogP contribution in [0, 0.1) is 12.1 Å². The summed E-state index contributed by atoms with van der Waals surface area (Å²) < 4.78 is 10.3. The van der Waals surface area contributed by atoms with E-state index in [0.717, 1.165) is 24.7 Å². The van der Waals surface area contributed by atoms with Crippen LogP contribution in [-0.4, -0.2) is 13.2 Å². The SMILES string of the molecule is CCCCC[c-]1cccc1.CCCCC[c-]1cccc1.CCOc1c[c-]ccc1.CCOc1c[c-]ccc1.[Ti+4]. The van der Waals surface area contributed by atoms with Gasteiger partial charge in [-0.15, -0.1) is 24.3 Å². The molecule has 0 aliphatic rings. The van der Waals surface area contributed by atoms with E-state index < -0.39 is 0 Å². The van der Waals surface area contributed by atoms with E-state index in [1.807, 2.05) is 62.4 Å². The minimum absolute atomic E-state index is 0. The van der Waals surface area contributed by atoms with Gasteiger partial charge in [-0.1, -0.05) is 65.2 Å². The molecule has 0 aliphatic heterocycles. The number of unbranched alkanes of at least 4 members (excludes halogenated alkanes) is 4. The molecule has 0 aliphatic carbocycles. The van der Waals surface area contributed by atoms with Crippen molar-refractivity contribution in [3.63, 3.8) is 0 Å². The summed E-state index contributed by atoms with van der Waals surface area (Å²) in [5.41, 5.74) is 2.99. The Balaban J connectivity index is 0.000000490. The molecule has 3 heteroatoms. The summed E-state index contributed by atoms with van der Waals surface area (Å²) in [5, 5.41) is 0. The largest absolute Gasteiger partial charge is 4.00 e. The van der Waals surface area contributed by atoms with Gasteiger partial charge in [-0.2, -0.15) is 71.8 Å². The second-order valence-electron chi connectivity index (χ2n) is 8.84. The zero-order chi connectivity index (χ0) is 27.5. The van der Waals surface area contributed by atoms with Crippen molar-refractivity contribution in [1.29, 1.82) is 0 Å². The quantitative estimate of drug-likeness (QED) is 0.0975. The van der Waals surface area contributed by atoms with Crippen LogP contribution in [0.15, 0.2) is 97.1 Å². The first kappa shape index (κ1) is 36.5. The van der Waals surface area contributed by atoms with Crippen molar-refractivity contribution < 1.29 is 31.2 Å². The van der Waals surface area contributed by atoms with Gasteiger partial charge in [-0.05, 0) is 13.8 Å². The monoisotopic (exact) mass is 560 g/mol. The van der Waals surface area contributed by atoms with Crippen LogP contribution in [-0.2, 0) is 34.6 Å². The second-order valence-corrected chi connectivity index (χ2v) is 8.84. The van der Waals surface area contributed by atoms with Crippen molar-refractivity contribution in [2.24, 2.45) is 0 Å². The maximum Gasteiger partial charge on any atom is 4.00 e. The fourth-order valence-electron chi connectivity index (χ4n) is 3.59. The summed E-state index contributed by atoms with van der Waals surface area (Å²) in [4.78, 5) is 0. The van der Waals surface area contributed by atoms with E-state index in [2.05, 4.69) is 74.5 Å². The maximum absolute atomic E-state index is 5.17. The normalized spacial score (nSPS) is 9.33. The minimum atomic E-state index is 0. The first-order valence-electron chi connectivity index (χ1n) is 14.3. The van der Waals surface area contributed by atoms with Gasteiger partial charge < -0.3 is 9.47 Å². The molecule has 0 amide bonds. The molecule has 0 bridgehead atoms. The van der Waals surface area contributed by atoms with Gasteiger partial charge >= 0.3 is 21.7 Å². The van der Waals surface area contributed by atoms with E-state index in [4.69, 9.17) is 9.47 Å². The molecule has 0 saturated heterocycles. The minimum Gasteiger partial charge on any atom is -0.551 e. The van der Waals surface area contributed by atoms with Crippen LogP contribution in [0.25, 0.3) is 0 Å². The zero-order valence-electron chi connectivity index (χ0n) is 24.6. The summed E-state index contributed by atoms with van der Waals surface area (Å²) in [5.74, 6) is 1.78. The average molecular weight is 561 g/mol. The van der Waals surface area contributed by atoms with Gasteiger partial charge in [0.05, 0.1) is 13.2 Å². The number of aryl methyl sites for hydroxylation is 2. The fraction of sp³-hybridized carbons (Fsp3) is 0.389.